The minimum Gasteiger partial charge on any atom is -0.347 e. The summed E-state index contributed by atoms with van der Waals surface area (Å²) in [6.45, 7) is 0. The molecule has 1 aromatic carbocycles. The van der Waals surface area contributed by atoms with Crippen LogP contribution in [-0.4, -0.2) is 38.7 Å². The standard InChI is InChI=1S/C13H13Cl2N3O2S/c1-18(2)13-16-7-11(21(3,19)20)12(17-13)8-4-5-9(14)10(15)6-8/h4-7H,1-3H3. The summed E-state index contributed by atoms with van der Waals surface area (Å²) in [5.41, 5.74) is 0.866. The predicted octanol–water partition coefficient (Wildman–Crippen LogP) is 2.92. The van der Waals surface area contributed by atoms with Gasteiger partial charge in [0.15, 0.2) is 9.84 Å². The molecule has 0 aliphatic carbocycles. The molecule has 0 atom stereocenters. The molecule has 0 radical (unpaired) electrons. The Balaban J connectivity index is 2.74. The normalized spacial score (nSPS) is 11.5. The molecule has 5 nitrogen and oxygen atoms in total. The molecule has 2 rings (SSSR count). The second kappa shape index (κ2) is 5.79. The fraction of sp³-hybridized carbons (Fsp3) is 0.231. The Bertz CT molecular complexity index is 792. The van der Waals surface area contributed by atoms with E-state index in [1.54, 1.807) is 37.2 Å². The van der Waals surface area contributed by atoms with Crippen molar-refractivity contribution in [1.29, 1.82) is 0 Å². The van der Waals surface area contributed by atoms with Crippen molar-refractivity contribution in [3.63, 3.8) is 0 Å². The van der Waals surface area contributed by atoms with Crippen molar-refractivity contribution in [2.24, 2.45) is 0 Å². The Morgan fingerprint density at radius 2 is 1.81 bits per heavy atom. The van der Waals surface area contributed by atoms with E-state index in [0.717, 1.165) is 6.26 Å². The SMILES string of the molecule is CN(C)c1ncc(S(C)(=O)=O)c(-c2ccc(Cl)c(Cl)c2)n1. The molecule has 1 heterocycles. The molecule has 0 aliphatic rings. The van der Waals surface area contributed by atoms with Crippen molar-refractivity contribution in [3.05, 3.63) is 34.4 Å². The van der Waals surface area contributed by atoms with Gasteiger partial charge >= 0.3 is 0 Å². The number of hydrogen-bond donors (Lipinski definition) is 0. The summed E-state index contributed by atoms with van der Waals surface area (Å²) >= 11 is 11.9. The zero-order valence-corrected chi connectivity index (χ0v) is 14.0. The van der Waals surface area contributed by atoms with Gasteiger partial charge in [-0.3, -0.25) is 0 Å². The van der Waals surface area contributed by atoms with Gasteiger partial charge in [0.2, 0.25) is 5.95 Å². The van der Waals surface area contributed by atoms with Gasteiger partial charge in [-0.25, -0.2) is 18.4 Å². The lowest BCUT2D eigenvalue weighted by atomic mass is 10.1. The summed E-state index contributed by atoms with van der Waals surface area (Å²) in [6, 6.07) is 4.85. The van der Waals surface area contributed by atoms with Crippen LogP contribution in [0.5, 0.6) is 0 Å². The third kappa shape index (κ3) is 3.45. The summed E-state index contributed by atoms with van der Waals surface area (Å²) in [5, 5.41) is 0.724. The van der Waals surface area contributed by atoms with Gasteiger partial charge in [-0.15, -0.1) is 0 Å². The molecule has 0 saturated carbocycles. The smallest absolute Gasteiger partial charge is 0.225 e. The highest BCUT2D eigenvalue weighted by molar-refractivity contribution is 7.90. The number of halogens is 2. The quantitative estimate of drug-likeness (QED) is 0.855. The van der Waals surface area contributed by atoms with Crippen LogP contribution >= 0.6 is 23.2 Å². The fourth-order valence-corrected chi connectivity index (χ4v) is 2.76. The third-order valence-electron chi connectivity index (χ3n) is 2.73. The van der Waals surface area contributed by atoms with Crippen molar-refractivity contribution in [2.45, 2.75) is 4.90 Å². The molecule has 0 spiro atoms. The first-order valence-electron chi connectivity index (χ1n) is 5.90. The van der Waals surface area contributed by atoms with E-state index in [1.165, 1.54) is 6.20 Å². The highest BCUT2D eigenvalue weighted by Gasteiger charge is 2.19. The molecule has 1 aromatic heterocycles. The first kappa shape index (κ1) is 16.0. The van der Waals surface area contributed by atoms with Gasteiger partial charge < -0.3 is 4.90 Å². The summed E-state index contributed by atoms with van der Waals surface area (Å²) in [7, 11) is 0.0772. The summed E-state index contributed by atoms with van der Waals surface area (Å²) in [4.78, 5) is 10.1. The minimum absolute atomic E-state index is 0.0477. The predicted molar refractivity (Wildman–Crippen MR) is 84.9 cm³/mol. The molecule has 21 heavy (non-hydrogen) atoms. The van der Waals surface area contributed by atoms with Crippen molar-refractivity contribution in [3.8, 4) is 11.3 Å². The summed E-state index contributed by atoms with van der Waals surface area (Å²) in [5.74, 6) is 0.406. The Kier molecular flexibility index (Phi) is 4.41. The number of hydrogen-bond acceptors (Lipinski definition) is 5. The number of anilines is 1. The molecule has 112 valence electrons. The van der Waals surface area contributed by atoms with Gasteiger partial charge in [0.1, 0.15) is 4.90 Å². The number of nitrogens with zero attached hydrogens (tertiary/aromatic N) is 3. The van der Waals surface area contributed by atoms with Crippen LogP contribution in [0.15, 0.2) is 29.3 Å². The zero-order valence-electron chi connectivity index (χ0n) is 11.6. The van der Waals surface area contributed by atoms with Gasteiger partial charge in [0.25, 0.3) is 0 Å². The summed E-state index contributed by atoms with van der Waals surface area (Å²) < 4.78 is 23.8. The van der Waals surface area contributed by atoms with Gasteiger partial charge in [-0.1, -0.05) is 29.3 Å². The zero-order chi connectivity index (χ0) is 15.8. The molecular weight excluding hydrogens is 333 g/mol. The number of sulfone groups is 1. The van der Waals surface area contributed by atoms with E-state index in [0.29, 0.717) is 27.3 Å². The van der Waals surface area contributed by atoms with E-state index in [2.05, 4.69) is 9.97 Å². The molecular formula is C13H13Cl2N3O2S. The van der Waals surface area contributed by atoms with Gasteiger partial charge in [0, 0.05) is 25.9 Å². The lowest BCUT2D eigenvalue weighted by molar-refractivity contribution is 0.601. The van der Waals surface area contributed by atoms with Crippen LogP contribution < -0.4 is 4.90 Å². The molecule has 2 aromatic rings. The number of benzene rings is 1. The Morgan fingerprint density at radius 3 is 2.33 bits per heavy atom. The highest BCUT2D eigenvalue weighted by atomic mass is 35.5. The first-order valence-corrected chi connectivity index (χ1v) is 8.54. The van der Waals surface area contributed by atoms with Crippen LogP contribution in [0.3, 0.4) is 0 Å². The monoisotopic (exact) mass is 345 g/mol. The highest BCUT2D eigenvalue weighted by Crippen LogP contribution is 2.31. The van der Waals surface area contributed by atoms with E-state index >= 15 is 0 Å². The Labute approximate surface area is 133 Å². The van der Waals surface area contributed by atoms with E-state index < -0.39 is 9.84 Å². The number of rotatable bonds is 3. The van der Waals surface area contributed by atoms with Crippen LogP contribution in [0, 0.1) is 0 Å². The average molecular weight is 346 g/mol. The molecule has 0 fully saturated rings. The molecule has 0 N–H and O–H groups in total. The summed E-state index contributed by atoms with van der Waals surface area (Å²) in [6.07, 6.45) is 2.41. The van der Waals surface area contributed by atoms with Crippen LogP contribution in [0.4, 0.5) is 5.95 Å². The second-order valence-corrected chi connectivity index (χ2v) is 7.48. The Morgan fingerprint density at radius 1 is 1.14 bits per heavy atom. The lowest BCUT2D eigenvalue weighted by Crippen LogP contribution is -2.14. The van der Waals surface area contributed by atoms with Gasteiger partial charge in [0.05, 0.1) is 21.9 Å². The third-order valence-corrected chi connectivity index (χ3v) is 4.57. The maximum absolute atomic E-state index is 11.9. The van der Waals surface area contributed by atoms with Crippen molar-refractivity contribution < 1.29 is 8.42 Å². The van der Waals surface area contributed by atoms with Crippen molar-refractivity contribution >= 4 is 39.0 Å². The maximum Gasteiger partial charge on any atom is 0.225 e. The Hall–Kier alpha value is -1.37. The molecule has 0 saturated heterocycles. The molecule has 0 amide bonds. The van der Waals surface area contributed by atoms with E-state index in [1.807, 2.05) is 0 Å². The fourth-order valence-electron chi connectivity index (χ4n) is 1.70. The van der Waals surface area contributed by atoms with Crippen LogP contribution in [0.2, 0.25) is 10.0 Å². The van der Waals surface area contributed by atoms with Gasteiger partial charge in [-0.2, -0.15) is 0 Å². The molecule has 0 bridgehead atoms. The number of aromatic nitrogens is 2. The maximum atomic E-state index is 11.9. The van der Waals surface area contributed by atoms with E-state index in [4.69, 9.17) is 23.2 Å². The van der Waals surface area contributed by atoms with Crippen LogP contribution in [-0.2, 0) is 9.84 Å². The van der Waals surface area contributed by atoms with Crippen LogP contribution in [0.1, 0.15) is 0 Å². The molecule has 0 unspecified atom stereocenters. The van der Waals surface area contributed by atoms with E-state index in [-0.39, 0.29) is 4.90 Å². The lowest BCUT2D eigenvalue weighted by Gasteiger charge is -2.14. The first-order chi connectivity index (χ1) is 9.70. The largest absolute Gasteiger partial charge is 0.347 e. The second-order valence-electron chi connectivity index (χ2n) is 4.68. The minimum atomic E-state index is -3.47. The molecule has 0 aliphatic heterocycles. The topological polar surface area (TPSA) is 63.2 Å². The van der Waals surface area contributed by atoms with Crippen molar-refractivity contribution in [2.75, 3.05) is 25.3 Å². The van der Waals surface area contributed by atoms with Crippen molar-refractivity contribution in [1.82, 2.24) is 9.97 Å². The van der Waals surface area contributed by atoms with Crippen LogP contribution in [0.25, 0.3) is 11.3 Å². The van der Waals surface area contributed by atoms with E-state index in [9.17, 15) is 8.42 Å². The average Bonchev–Trinajstić information content (AvgIpc) is 2.40. The molecule has 8 heteroatoms. The van der Waals surface area contributed by atoms with Gasteiger partial charge in [-0.05, 0) is 12.1 Å².